The number of pyridine rings is 1. The Morgan fingerprint density at radius 2 is 1.81 bits per heavy atom. The maximum absolute atomic E-state index is 6.43. The van der Waals surface area contributed by atoms with Crippen LogP contribution in [0.3, 0.4) is 0 Å². The molecule has 0 amide bonds. The summed E-state index contributed by atoms with van der Waals surface area (Å²) in [6, 6.07) is 18.7. The topological polar surface area (TPSA) is 34.6 Å². The van der Waals surface area contributed by atoms with E-state index in [1.54, 1.807) is 7.11 Å². The van der Waals surface area contributed by atoms with E-state index in [2.05, 4.69) is 40.2 Å². The standard InChI is InChI=1S/C23H26N2O2/c1-17-14-23(21-15-20(26-2)8-9-22(21)24-17)27-19-10-12-25(13-11-19)16-18-6-4-3-5-7-18/h3-9,14-15,19H,10-13,16H2,1-2H3. The van der Waals surface area contributed by atoms with Gasteiger partial charge in [-0.3, -0.25) is 9.88 Å². The summed E-state index contributed by atoms with van der Waals surface area (Å²) in [5, 5.41) is 1.02. The lowest BCUT2D eigenvalue weighted by Crippen LogP contribution is -2.37. The predicted molar refractivity (Wildman–Crippen MR) is 108 cm³/mol. The Morgan fingerprint density at radius 1 is 1.04 bits per heavy atom. The van der Waals surface area contributed by atoms with Crippen LogP contribution in [0.15, 0.2) is 54.6 Å². The zero-order valence-electron chi connectivity index (χ0n) is 16.0. The molecular weight excluding hydrogens is 336 g/mol. The fourth-order valence-electron chi connectivity index (χ4n) is 3.73. The lowest BCUT2D eigenvalue weighted by atomic mass is 10.1. The first-order chi connectivity index (χ1) is 13.2. The van der Waals surface area contributed by atoms with Gasteiger partial charge in [-0.2, -0.15) is 0 Å². The Kier molecular flexibility index (Phi) is 5.26. The van der Waals surface area contributed by atoms with Crippen molar-refractivity contribution in [2.45, 2.75) is 32.4 Å². The molecular formula is C23H26N2O2. The third-order valence-electron chi connectivity index (χ3n) is 5.18. The predicted octanol–water partition coefficient (Wildman–Crippen LogP) is 4.60. The maximum Gasteiger partial charge on any atom is 0.131 e. The van der Waals surface area contributed by atoms with Crippen LogP contribution in [0.4, 0.5) is 0 Å². The van der Waals surface area contributed by atoms with Crippen LogP contribution in [0.2, 0.25) is 0 Å². The zero-order valence-corrected chi connectivity index (χ0v) is 16.0. The molecule has 3 aromatic rings. The summed E-state index contributed by atoms with van der Waals surface area (Å²) in [5.41, 5.74) is 3.30. The molecule has 4 rings (SSSR count). The van der Waals surface area contributed by atoms with Gasteiger partial charge in [0.2, 0.25) is 0 Å². The van der Waals surface area contributed by atoms with Crippen molar-refractivity contribution in [2.75, 3.05) is 20.2 Å². The van der Waals surface area contributed by atoms with E-state index in [1.165, 1.54) is 5.56 Å². The molecule has 27 heavy (non-hydrogen) atoms. The number of likely N-dealkylation sites (tertiary alicyclic amines) is 1. The van der Waals surface area contributed by atoms with Crippen LogP contribution in [0, 0.1) is 6.92 Å². The monoisotopic (exact) mass is 362 g/mol. The summed E-state index contributed by atoms with van der Waals surface area (Å²) < 4.78 is 11.8. The van der Waals surface area contributed by atoms with Crippen molar-refractivity contribution >= 4 is 10.9 Å². The van der Waals surface area contributed by atoms with Crippen LogP contribution < -0.4 is 9.47 Å². The molecule has 0 aliphatic carbocycles. The largest absolute Gasteiger partial charge is 0.497 e. The molecule has 1 aliphatic heterocycles. The smallest absolute Gasteiger partial charge is 0.131 e. The van der Waals surface area contributed by atoms with Gasteiger partial charge in [-0.05, 0) is 43.5 Å². The van der Waals surface area contributed by atoms with Gasteiger partial charge in [-0.15, -0.1) is 0 Å². The number of benzene rings is 2. The van der Waals surface area contributed by atoms with E-state index in [0.717, 1.165) is 60.6 Å². The highest BCUT2D eigenvalue weighted by molar-refractivity contribution is 5.86. The van der Waals surface area contributed by atoms with Crippen molar-refractivity contribution in [3.05, 3.63) is 65.9 Å². The second-order valence-corrected chi connectivity index (χ2v) is 7.22. The number of methoxy groups -OCH3 is 1. The molecule has 4 heteroatoms. The second kappa shape index (κ2) is 7.97. The summed E-state index contributed by atoms with van der Waals surface area (Å²) in [6.07, 6.45) is 2.33. The second-order valence-electron chi connectivity index (χ2n) is 7.22. The van der Waals surface area contributed by atoms with Crippen LogP contribution in [0.5, 0.6) is 11.5 Å². The molecule has 4 nitrogen and oxygen atoms in total. The highest BCUT2D eigenvalue weighted by Crippen LogP contribution is 2.31. The van der Waals surface area contributed by atoms with E-state index in [-0.39, 0.29) is 6.10 Å². The molecule has 0 bridgehead atoms. The average molecular weight is 362 g/mol. The van der Waals surface area contributed by atoms with Gasteiger partial charge in [0.25, 0.3) is 0 Å². The van der Waals surface area contributed by atoms with E-state index >= 15 is 0 Å². The summed E-state index contributed by atoms with van der Waals surface area (Å²) in [6.45, 7) is 5.15. The zero-order chi connectivity index (χ0) is 18.6. The van der Waals surface area contributed by atoms with Crippen molar-refractivity contribution in [3.63, 3.8) is 0 Å². The molecule has 0 N–H and O–H groups in total. The van der Waals surface area contributed by atoms with Crippen molar-refractivity contribution in [1.29, 1.82) is 0 Å². The van der Waals surface area contributed by atoms with E-state index in [4.69, 9.17) is 9.47 Å². The van der Waals surface area contributed by atoms with Crippen molar-refractivity contribution in [3.8, 4) is 11.5 Å². The number of hydrogen-bond acceptors (Lipinski definition) is 4. The van der Waals surface area contributed by atoms with E-state index in [0.29, 0.717) is 0 Å². The van der Waals surface area contributed by atoms with Crippen LogP contribution in [0.1, 0.15) is 24.1 Å². The fourth-order valence-corrected chi connectivity index (χ4v) is 3.73. The van der Waals surface area contributed by atoms with Gasteiger partial charge in [0.05, 0.1) is 12.6 Å². The number of nitrogens with zero attached hydrogens (tertiary/aromatic N) is 2. The normalized spacial score (nSPS) is 15.8. The quantitative estimate of drug-likeness (QED) is 0.665. The van der Waals surface area contributed by atoms with Crippen molar-refractivity contribution < 1.29 is 9.47 Å². The Bertz CT molecular complexity index is 903. The minimum atomic E-state index is 0.244. The van der Waals surface area contributed by atoms with Gasteiger partial charge in [0.1, 0.15) is 17.6 Å². The van der Waals surface area contributed by atoms with Gasteiger partial charge < -0.3 is 9.47 Å². The summed E-state index contributed by atoms with van der Waals surface area (Å²) in [7, 11) is 1.69. The molecule has 1 aromatic heterocycles. The lowest BCUT2D eigenvalue weighted by Gasteiger charge is -2.32. The van der Waals surface area contributed by atoms with E-state index in [9.17, 15) is 0 Å². The van der Waals surface area contributed by atoms with Crippen LogP contribution >= 0.6 is 0 Å². The summed E-state index contributed by atoms with van der Waals surface area (Å²) in [5.74, 6) is 1.74. The Balaban J connectivity index is 1.44. The number of aromatic nitrogens is 1. The number of fused-ring (bicyclic) bond motifs is 1. The van der Waals surface area contributed by atoms with E-state index < -0.39 is 0 Å². The lowest BCUT2D eigenvalue weighted by molar-refractivity contribution is 0.0979. The van der Waals surface area contributed by atoms with Crippen LogP contribution in [0.25, 0.3) is 10.9 Å². The number of hydrogen-bond donors (Lipinski definition) is 0. The highest BCUT2D eigenvalue weighted by atomic mass is 16.5. The number of piperidine rings is 1. The minimum absolute atomic E-state index is 0.244. The number of aryl methyl sites for hydroxylation is 1. The molecule has 0 unspecified atom stereocenters. The van der Waals surface area contributed by atoms with Gasteiger partial charge in [0, 0.05) is 36.8 Å². The van der Waals surface area contributed by atoms with E-state index in [1.807, 2.05) is 31.2 Å². The molecule has 2 heterocycles. The van der Waals surface area contributed by atoms with Crippen LogP contribution in [-0.2, 0) is 6.54 Å². The Labute approximate surface area is 160 Å². The first-order valence-corrected chi connectivity index (χ1v) is 9.59. The molecule has 0 spiro atoms. The number of rotatable bonds is 5. The molecule has 1 fully saturated rings. The minimum Gasteiger partial charge on any atom is -0.497 e. The molecule has 1 aliphatic rings. The first-order valence-electron chi connectivity index (χ1n) is 9.59. The molecule has 0 saturated carbocycles. The summed E-state index contributed by atoms with van der Waals surface area (Å²) >= 11 is 0. The van der Waals surface area contributed by atoms with Crippen molar-refractivity contribution in [1.82, 2.24) is 9.88 Å². The number of ether oxygens (including phenoxy) is 2. The Morgan fingerprint density at radius 3 is 2.56 bits per heavy atom. The first kappa shape index (κ1) is 17.8. The average Bonchev–Trinajstić information content (AvgIpc) is 2.70. The molecule has 140 valence electrons. The molecule has 1 saturated heterocycles. The summed E-state index contributed by atoms with van der Waals surface area (Å²) in [4.78, 5) is 7.13. The molecule has 2 aromatic carbocycles. The molecule has 0 atom stereocenters. The van der Waals surface area contributed by atoms with Gasteiger partial charge >= 0.3 is 0 Å². The van der Waals surface area contributed by atoms with Crippen molar-refractivity contribution in [2.24, 2.45) is 0 Å². The van der Waals surface area contributed by atoms with Gasteiger partial charge in [-0.25, -0.2) is 0 Å². The fraction of sp³-hybridized carbons (Fsp3) is 0.348. The third-order valence-corrected chi connectivity index (χ3v) is 5.18. The SMILES string of the molecule is COc1ccc2nc(C)cc(OC3CCN(Cc4ccccc4)CC3)c2c1. The molecule has 0 radical (unpaired) electrons. The van der Waals surface area contributed by atoms with Crippen LogP contribution in [-0.4, -0.2) is 36.2 Å². The van der Waals surface area contributed by atoms with Gasteiger partial charge in [0.15, 0.2) is 0 Å². The third kappa shape index (κ3) is 4.22. The van der Waals surface area contributed by atoms with Gasteiger partial charge in [-0.1, -0.05) is 30.3 Å². The highest BCUT2D eigenvalue weighted by Gasteiger charge is 2.21. The Hall–Kier alpha value is -2.59. The maximum atomic E-state index is 6.43.